The normalized spacial score (nSPS) is 15.4. The molecule has 3 heteroatoms. The Balaban J connectivity index is 0.000000771. The lowest BCUT2D eigenvalue weighted by Crippen LogP contribution is -2.36. The molecule has 94 valence electrons. The summed E-state index contributed by atoms with van der Waals surface area (Å²) in [5, 5.41) is 2.30. The molecule has 1 N–H and O–H groups in total. The van der Waals surface area contributed by atoms with Crippen LogP contribution in [0.15, 0.2) is 36.9 Å². The maximum absolute atomic E-state index is 11.7. The Hall–Kier alpha value is -2.16. The van der Waals surface area contributed by atoms with Crippen molar-refractivity contribution in [2.75, 3.05) is 0 Å². The lowest BCUT2D eigenvalue weighted by molar-refractivity contribution is -0.114. The first-order chi connectivity index (χ1) is 8.65. The molecule has 0 spiro atoms. The maximum Gasteiger partial charge on any atom is 0.258 e. The number of allylic oxidation sites excluding steroid dienone is 2. The highest BCUT2D eigenvalue weighted by Crippen LogP contribution is 2.27. The van der Waals surface area contributed by atoms with Crippen LogP contribution in [0, 0.1) is 6.92 Å². The van der Waals surface area contributed by atoms with Crippen molar-refractivity contribution in [2.45, 2.75) is 20.8 Å². The smallest absolute Gasteiger partial charge is 0.258 e. The largest absolute Gasteiger partial charge is 0.288 e. The van der Waals surface area contributed by atoms with Gasteiger partial charge in [0.25, 0.3) is 11.8 Å². The fourth-order valence-corrected chi connectivity index (χ4v) is 1.84. The van der Waals surface area contributed by atoms with Crippen molar-refractivity contribution < 1.29 is 9.59 Å². The molecule has 2 amide bonds. The van der Waals surface area contributed by atoms with E-state index < -0.39 is 0 Å². The van der Waals surface area contributed by atoms with Crippen molar-refractivity contribution in [1.82, 2.24) is 5.32 Å². The van der Waals surface area contributed by atoms with Crippen molar-refractivity contribution in [3.8, 4) is 0 Å². The molecule has 3 nitrogen and oxygen atoms in total. The van der Waals surface area contributed by atoms with Crippen LogP contribution in [0.5, 0.6) is 0 Å². The monoisotopic (exact) mass is 243 g/mol. The van der Waals surface area contributed by atoms with Gasteiger partial charge in [-0.1, -0.05) is 38.6 Å². The van der Waals surface area contributed by atoms with Crippen LogP contribution in [-0.2, 0) is 4.79 Å². The van der Waals surface area contributed by atoms with Crippen LogP contribution in [0.3, 0.4) is 0 Å². The minimum Gasteiger partial charge on any atom is -0.288 e. The third kappa shape index (κ3) is 2.40. The van der Waals surface area contributed by atoms with Crippen LogP contribution in [-0.4, -0.2) is 11.8 Å². The minimum absolute atomic E-state index is 0.343. The number of benzene rings is 1. The SMILES string of the molecule is C=C/C=C1/C(=O)NC(=O)c2cccc(C)c21.CC. The number of hydrogen-bond donors (Lipinski definition) is 1. The molecule has 18 heavy (non-hydrogen) atoms. The van der Waals surface area contributed by atoms with Crippen LogP contribution >= 0.6 is 0 Å². The fraction of sp³-hybridized carbons (Fsp3) is 0.200. The number of nitrogens with one attached hydrogen (secondary N) is 1. The van der Waals surface area contributed by atoms with Gasteiger partial charge in [-0.05, 0) is 24.6 Å². The number of carbonyl (C=O) groups excluding carboxylic acids is 2. The second-order valence-corrected chi connectivity index (χ2v) is 3.60. The predicted octanol–water partition coefficient (Wildman–Crippen LogP) is 2.86. The summed E-state index contributed by atoms with van der Waals surface area (Å²) in [6.45, 7) is 9.45. The molecule has 1 heterocycles. The molecule has 0 bridgehead atoms. The van der Waals surface area contributed by atoms with Crippen molar-refractivity contribution in [3.05, 3.63) is 53.6 Å². The van der Waals surface area contributed by atoms with Gasteiger partial charge in [0.1, 0.15) is 0 Å². The first-order valence-corrected chi connectivity index (χ1v) is 5.93. The van der Waals surface area contributed by atoms with Crippen molar-refractivity contribution in [2.24, 2.45) is 0 Å². The molecule has 0 aliphatic carbocycles. The Bertz CT molecular complexity index is 527. The highest BCUT2D eigenvalue weighted by Gasteiger charge is 2.27. The van der Waals surface area contributed by atoms with E-state index >= 15 is 0 Å². The fourth-order valence-electron chi connectivity index (χ4n) is 1.84. The Labute approximate surface area is 107 Å². The summed E-state index contributed by atoms with van der Waals surface area (Å²) in [5.74, 6) is -0.711. The lowest BCUT2D eigenvalue weighted by Gasteiger charge is -2.19. The summed E-state index contributed by atoms with van der Waals surface area (Å²) in [4.78, 5) is 23.3. The van der Waals surface area contributed by atoms with Gasteiger partial charge in [-0.3, -0.25) is 14.9 Å². The highest BCUT2D eigenvalue weighted by molar-refractivity contribution is 6.31. The van der Waals surface area contributed by atoms with Crippen LogP contribution in [0.4, 0.5) is 0 Å². The first-order valence-electron chi connectivity index (χ1n) is 5.93. The molecule has 0 aromatic heterocycles. The van der Waals surface area contributed by atoms with E-state index in [2.05, 4.69) is 11.9 Å². The molecule has 1 aromatic rings. The van der Waals surface area contributed by atoms with E-state index in [1.54, 1.807) is 24.3 Å². The van der Waals surface area contributed by atoms with Crippen molar-refractivity contribution in [3.63, 3.8) is 0 Å². The third-order valence-corrected chi connectivity index (χ3v) is 2.54. The number of rotatable bonds is 1. The second-order valence-electron chi connectivity index (χ2n) is 3.60. The number of imide groups is 1. The Morgan fingerprint density at radius 2 is 1.83 bits per heavy atom. The standard InChI is InChI=1S/C13H11NO2.C2H6/c1-3-5-9-11-8(2)6-4-7-10(11)13(16)14-12(9)15;1-2/h3-7H,1H2,2H3,(H,14,15,16);1-2H3/b9-5+;. The Kier molecular flexibility index (Phi) is 4.60. The zero-order valence-corrected chi connectivity index (χ0v) is 10.9. The molecule has 0 saturated heterocycles. The van der Waals surface area contributed by atoms with Gasteiger partial charge in [-0.2, -0.15) is 0 Å². The van der Waals surface area contributed by atoms with Gasteiger partial charge in [0.15, 0.2) is 0 Å². The zero-order valence-electron chi connectivity index (χ0n) is 10.9. The quantitative estimate of drug-likeness (QED) is 0.609. The maximum atomic E-state index is 11.7. The topological polar surface area (TPSA) is 46.2 Å². The highest BCUT2D eigenvalue weighted by atomic mass is 16.2. The third-order valence-electron chi connectivity index (χ3n) is 2.54. The molecule has 2 rings (SSSR count). The van der Waals surface area contributed by atoms with Crippen LogP contribution in [0.25, 0.3) is 5.57 Å². The van der Waals surface area contributed by atoms with E-state index in [0.717, 1.165) is 5.56 Å². The van der Waals surface area contributed by atoms with Gasteiger partial charge >= 0.3 is 0 Å². The van der Waals surface area contributed by atoms with Gasteiger partial charge in [0.05, 0.1) is 0 Å². The Morgan fingerprint density at radius 3 is 2.44 bits per heavy atom. The average Bonchev–Trinajstić information content (AvgIpc) is 2.37. The molecule has 1 aromatic carbocycles. The number of hydrogen-bond acceptors (Lipinski definition) is 2. The number of carbonyl (C=O) groups is 2. The van der Waals surface area contributed by atoms with Gasteiger partial charge in [-0.15, -0.1) is 0 Å². The average molecular weight is 243 g/mol. The van der Waals surface area contributed by atoms with Gasteiger partial charge in [0.2, 0.25) is 0 Å². The van der Waals surface area contributed by atoms with E-state index in [1.807, 2.05) is 26.8 Å². The summed E-state index contributed by atoms with van der Waals surface area (Å²) < 4.78 is 0. The van der Waals surface area contributed by atoms with E-state index in [-0.39, 0.29) is 11.8 Å². The Morgan fingerprint density at radius 1 is 1.17 bits per heavy atom. The molecule has 0 fully saturated rings. The minimum atomic E-state index is -0.369. The van der Waals surface area contributed by atoms with Crippen LogP contribution in [0.2, 0.25) is 0 Å². The molecular formula is C15H17NO2. The second kappa shape index (κ2) is 5.96. The van der Waals surface area contributed by atoms with E-state index in [4.69, 9.17) is 0 Å². The summed E-state index contributed by atoms with van der Waals surface area (Å²) in [5.41, 5.74) is 2.64. The number of amides is 2. The van der Waals surface area contributed by atoms with E-state index in [1.165, 1.54) is 0 Å². The molecule has 0 atom stereocenters. The summed E-state index contributed by atoms with van der Waals surface area (Å²) >= 11 is 0. The van der Waals surface area contributed by atoms with Crippen molar-refractivity contribution >= 4 is 17.4 Å². The van der Waals surface area contributed by atoms with Crippen molar-refractivity contribution in [1.29, 1.82) is 0 Å². The van der Waals surface area contributed by atoms with Gasteiger partial charge in [-0.25, -0.2) is 0 Å². The molecule has 0 radical (unpaired) electrons. The summed E-state index contributed by atoms with van der Waals surface area (Å²) in [6, 6.07) is 5.39. The molecule has 0 saturated carbocycles. The van der Waals surface area contributed by atoms with Crippen LogP contribution in [0.1, 0.15) is 35.3 Å². The molecule has 1 aliphatic rings. The van der Waals surface area contributed by atoms with E-state index in [9.17, 15) is 9.59 Å². The summed E-state index contributed by atoms with van der Waals surface area (Å²) in [6.07, 6.45) is 3.16. The molecule has 1 aliphatic heterocycles. The first kappa shape index (κ1) is 13.9. The predicted molar refractivity (Wildman–Crippen MR) is 73.2 cm³/mol. The van der Waals surface area contributed by atoms with Crippen LogP contribution < -0.4 is 5.32 Å². The molecular weight excluding hydrogens is 226 g/mol. The van der Waals surface area contributed by atoms with Gasteiger partial charge in [0, 0.05) is 16.7 Å². The number of fused-ring (bicyclic) bond motifs is 1. The van der Waals surface area contributed by atoms with Gasteiger partial charge < -0.3 is 0 Å². The number of aryl methyl sites for hydroxylation is 1. The molecule has 0 unspecified atom stereocenters. The zero-order chi connectivity index (χ0) is 13.7. The lowest BCUT2D eigenvalue weighted by atomic mass is 9.91. The summed E-state index contributed by atoms with van der Waals surface area (Å²) in [7, 11) is 0. The van der Waals surface area contributed by atoms with E-state index in [0.29, 0.717) is 16.7 Å².